The number of aromatic nitrogens is 2. The maximum absolute atomic E-state index is 12.5. The minimum atomic E-state index is -0.538. The number of imidazole rings is 1. The maximum Gasteiger partial charge on any atom is 0.410 e. The highest BCUT2D eigenvalue weighted by molar-refractivity contribution is 5.80. The van der Waals surface area contributed by atoms with Crippen LogP contribution in [0.25, 0.3) is 5.69 Å². The van der Waals surface area contributed by atoms with Crippen molar-refractivity contribution in [3.8, 4) is 5.69 Å². The normalized spacial score (nSPS) is 17.6. The van der Waals surface area contributed by atoms with Crippen molar-refractivity contribution >= 4 is 12.4 Å². The van der Waals surface area contributed by atoms with Crippen LogP contribution in [0.4, 0.5) is 4.79 Å². The van der Waals surface area contributed by atoms with Crippen LogP contribution in [-0.2, 0) is 4.74 Å². The summed E-state index contributed by atoms with van der Waals surface area (Å²) in [7, 11) is 0. The summed E-state index contributed by atoms with van der Waals surface area (Å²) < 4.78 is 7.42. The van der Waals surface area contributed by atoms with Gasteiger partial charge in [0.15, 0.2) is 6.29 Å². The van der Waals surface area contributed by atoms with Gasteiger partial charge in [-0.3, -0.25) is 9.69 Å². The summed E-state index contributed by atoms with van der Waals surface area (Å²) >= 11 is 0. The van der Waals surface area contributed by atoms with Crippen molar-refractivity contribution < 1.29 is 14.3 Å². The lowest BCUT2D eigenvalue weighted by Gasteiger charge is -2.28. The van der Waals surface area contributed by atoms with Crippen LogP contribution in [0, 0.1) is 0 Å². The summed E-state index contributed by atoms with van der Waals surface area (Å²) in [5, 5.41) is 0. The molecule has 1 aromatic heterocycles. The minimum absolute atomic E-state index is 0.162. The smallest absolute Gasteiger partial charge is 0.410 e. The largest absolute Gasteiger partial charge is 0.444 e. The molecule has 6 nitrogen and oxygen atoms in total. The van der Waals surface area contributed by atoms with Gasteiger partial charge in [0, 0.05) is 24.5 Å². The highest BCUT2D eigenvalue weighted by Crippen LogP contribution is 2.33. The predicted molar refractivity (Wildman–Crippen MR) is 93.9 cm³/mol. The zero-order valence-corrected chi connectivity index (χ0v) is 14.8. The van der Waals surface area contributed by atoms with E-state index in [2.05, 4.69) is 4.98 Å². The third-order valence-corrected chi connectivity index (χ3v) is 4.17. The lowest BCUT2D eigenvalue weighted by Crippen LogP contribution is -2.37. The van der Waals surface area contributed by atoms with Crippen LogP contribution in [0.15, 0.2) is 36.7 Å². The Kier molecular flexibility index (Phi) is 4.61. The number of benzene rings is 1. The van der Waals surface area contributed by atoms with Gasteiger partial charge in [0.05, 0.1) is 11.7 Å². The van der Waals surface area contributed by atoms with Crippen molar-refractivity contribution in [1.29, 1.82) is 0 Å². The number of ether oxygens (including phenoxy) is 1. The van der Waals surface area contributed by atoms with E-state index in [9.17, 15) is 9.59 Å². The first-order valence-electron chi connectivity index (χ1n) is 8.48. The van der Waals surface area contributed by atoms with E-state index in [1.165, 1.54) is 0 Å². The van der Waals surface area contributed by atoms with Crippen LogP contribution in [0.2, 0.25) is 0 Å². The summed E-state index contributed by atoms with van der Waals surface area (Å²) in [5.41, 5.74) is 0.814. The van der Waals surface area contributed by atoms with E-state index < -0.39 is 5.60 Å². The van der Waals surface area contributed by atoms with Crippen molar-refractivity contribution in [2.45, 2.75) is 45.3 Å². The number of likely N-dealkylation sites (tertiary alicyclic amines) is 1. The van der Waals surface area contributed by atoms with Crippen molar-refractivity contribution in [2.75, 3.05) is 6.54 Å². The van der Waals surface area contributed by atoms with Crippen LogP contribution >= 0.6 is 0 Å². The Balaban J connectivity index is 1.94. The number of carbonyl (C=O) groups is 2. The second-order valence-corrected chi connectivity index (χ2v) is 7.16. The monoisotopic (exact) mass is 341 g/mol. The van der Waals surface area contributed by atoms with Gasteiger partial charge in [-0.1, -0.05) is 12.1 Å². The summed E-state index contributed by atoms with van der Waals surface area (Å²) in [6.45, 7) is 6.22. The van der Waals surface area contributed by atoms with E-state index in [0.717, 1.165) is 30.6 Å². The molecule has 132 valence electrons. The molecule has 1 aliphatic rings. The number of hydrogen-bond acceptors (Lipinski definition) is 4. The highest BCUT2D eigenvalue weighted by Gasteiger charge is 2.35. The molecular weight excluding hydrogens is 318 g/mol. The Morgan fingerprint density at radius 2 is 2.08 bits per heavy atom. The van der Waals surface area contributed by atoms with E-state index in [1.54, 1.807) is 17.2 Å². The lowest BCUT2D eigenvalue weighted by atomic mass is 10.1. The molecule has 1 saturated heterocycles. The van der Waals surface area contributed by atoms with Crippen molar-refractivity contribution in [1.82, 2.24) is 14.5 Å². The molecule has 2 aromatic rings. The molecule has 25 heavy (non-hydrogen) atoms. The molecule has 1 aliphatic heterocycles. The summed E-state index contributed by atoms with van der Waals surface area (Å²) in [6.07, 6.45) is 5.74. The molecule has 0 radical (unpaired) electrons. The molecule has 1 aromatic carbocycles. The number of carbonyl (C=O) groups excluding carboxylic acids is 2. The number of rotatable bonds is 3. The second kappa shape index (κ2) is 6.70. The first kappa shape index (κ1) is 17.2. The summed E-state index contributed by atoms with van der Waals surface area (Å²) in [4.78, 5) is 30.1. The average Bonchev–Trinajstić information content (AvgIpc) is 3.21. The summed E-state index contributed by atoms with van der Waals surface area (Å²) in [5.74, 6) is 0.748. The third-order valence-electron chi connectivity index (χ3n) is 4.17. The van der Waals surface area contributed by atoms with Crippen molar-refractivity contribution in [2.24, 2.45) is 0 Å². The standard InChI is InChI=1S/C19H23N3O3/c1-19(2,3)25-18(24)22-11-6-9-16(22)17-20-10-12-21(17)15-8-5-4-7-14(15)13-23/h4-5,7-8,10,12-13,16H,6,9,11H2,1-3H3/t16-/m0/s1. The Bertz CT molecular complexity index is 776. The number of amides is 1. The molecule has 0 aliphatic carbocycles. The Morgan fingerprint density at radius 1 is 1.32 bits per heavy atom. The van der Waals surface area contributed by atoms with E-state index in [4.69, 9.17) is 4.74 Å². The first-order chi connectivity index (χ1) is 11.9. The number of hydrogen-bond donors (Lipinski definition) is 0. The molecule has 1 amide bonds. The van der Waals surface area contributed by atoms with Gasteiger partial charge in [0.25, 0.3) is 0 Å². The van der Waals surface area contributed by atoms with E-state index in [1.807, 2.05) is 49.7 Å². The van der Waals surface area contributed by atoms with Crippen molar-refractivity contribution in [3.63, 3.8) is 0 Å². The summed E-state index contributed by atoms with van der Waals surface area (Å²) in [6, 6.07) is 7.19. The molecule has 0 unspecified atom stereocenters. The van der Waals surface area contributed by atoms with Gasteiger partial charge in [-0.05, 0) is 45.7 Å². The maximum atomic E-state index is 12.5. The van der Waals surface area contributed by atoms with Gasteiger partial charge in [-0.15, -0.1) is 0 Å². The lowest BCUT2D eigenvalue weighted by molar-refractivity contribution is 0.0217. The van der Waals surface area contributed by atoms with Crippen molar-refractivity contribution in [3.05, 3.63) is 48.0 Å². The molecule has 0 saturated carbocycles. The fourth-order valence-corrected chi connectivity index (χ4v) is 3.15. The third kappa shape index (κ3) is 3.57. The number of aldehydes is 1. The first-order valence-corrected chi connectivity index (χ1v) is 8.48. The van der Waals surface area contributed by atoms with Crippen LogP contribution in [0.1, 0.15) is 55.8 Å². The van der Waals surface area contributed by atoms with Gasteiger partial charge in [0.2, 0.25) is 0 Å². The molecular formula is C19H23N3O3. The van der Waals surface area contributed by atoms with Gasteiger partial charge in [-0.25, -0.2) is 9.78 Å². The topological polar surface area (TPSA) is 64.4 Å². The molecule has 1 fully saturated rings. The fraction of sp³-hybridized carbons (Fsp3) is 0.421. The minimum Gasteiger partial charge on any atom is -0.444 e. The Hall–Kier alpha value is -2.63. The second-order valence-electron chi connectivity index (χ2n) is 7.16. The molecule has 1 atom stereocenters. The molecule has 2 heterocycles. The predicted octanol–water partition coefficient (Wildman–Crippen LogP) is 3.76. The molecule has 3 rings (SSSR count). The van der Waals surface area contributed by atoms with Gasteiger partial charge in [0.1, 0.15) is 11.4 Å². The number of para-hydroxylation sites is 1. The Labute approximate surface area is 147 Å². The van der Waals surface area contributed by atoms with Gasteiger partial charge >= 0.3 is 6.09 Å². The molecule has 0 N–H and O–H groups in total. The van der Waals surface area contributed by atoms with Gasteiger partial charge in [-0.2, -0.15) is 0 Å². The van der Waals surface area contributed by atoms with Gasteiger partial charge < -0.3 is 9.30 Å². The number of nitrogens with zero attached hydrogens (tertiary/aromatic N) is 3. The molecule has 0 bridgehead atoms. The van der Waals surface area contributed by atoms with E-state index in [0.29, 0.717) is 12.1 Å². The zero-order chi connectivity index (χ0) is 18.0. The quantitative estimate of drug-likeness (QED) is 0.798. The van der Waals surface area contributed by atoms with Crippen LogP contribution in [-0.4, -0.2) is 39.0 Å². The van der Waals surface area contributed by atoms with Crippen LogP contribution in [0.3, 0.4) is 0 Å². The van der Waals surface area contributed by atoms with Crippen LogP contribution in [0.5, 0.6) is 0 Å². The Morgan fingerprint density at radius 3 is 2.80 bits per heavy atom. The molecule has 6 heteroatoms. The zero-order valence-electron chi connectivity index (χ0n) is 14.8. The van der Waals surface area contributed by atoms with Crippen LogP contribution < -0.4 is 0 Å². The SMILES string of the molecule is CC(C)(C)OC(=O)N1CCC[C@H]1c1nccn1-c1ccccc1C=O. The fourth-order valence-electron chi connectivity index (χ4n) is 3.15. The molecule has 0 spiro atoms. The highest BCUT2D eigenvalue weighted by atomic mass is 16.6. The van der Waals surface area contributed by atoms with E-state index >= 15 is 0 Å². The van der Waals surface area contributed by atoms with E-state index in [-0.39, 0.29) is 12.1 Å². The average molecular weight is 341 g/mol.